The smallest absolute Gasteiger partial charge is 0.275 e. The van der Waals surface area contributed by atoms with Gasteiger partial charge in [-0.25, -0.2) is 0 Å². The Morgan fingerprint density at radius 1 is 1.57 bits per heavy atom. The summed E-state index contributed by atoms with van der Waals surface area (Å²) in [6.45, 7) is 2.50. The molecule has 2 N–H and O–H groups in total. The fourth-order valence-corrected chi connectivity index (χ4v) is 3.43. The average Bonchev–Trinajstić information content (AvgIpc) is 2.45. The zero-order valence-electron chi connectivity index (χ0n) is 12.1. The Morgan fingerprint density at radius 2 is 2.33 bits per heavy atom. The largest absolute Gasteiger partial charge is 0.394 e. The molecule has 0 saturated heterocycles. The van der Waals surface area contributed by atoms with Gasteiger partial charge >= 0.3 is 0 Å². The fraction of sp³-hybridized carbons (Fsp3) is 0.600. The van der Waals surface area contributed by atoms with Crippen molar-refractivity contribution in [3.8, 4) is 0 Å². The molecule has 0 aliphatic heterocycles. The van der Waals surface area contributed by atoms with E-state index in [1.165, 1.54) is 6.07 Å². The molecule has 1 fully saturated rings. The van der Waals surface area contributed by atoms with Crippen molar-refractivity contribution < 1.29 is 10.0 Å². The van der Waals surface area contributed by atoms with Crippen LogP contribution in [0.15, 0.2) is 18.2 Å². The van der Waals surface area contributed by atoms with Crippen molar-refractivity contribution in [2.24, 2.45) is 5.92 Å². The van der Waals surface area contributed by atoms with Gasteiger partial charge in [-0.05, 0) is 24.8 Å². The van der Waals surface area contributed by atoms with E-state index >= 15 is 0 Å². The normalized spacial score (nSPS) is 25.8. The Bertz CT molecular complexity index is 524. The van der Waals surface area contributed by atoms with Crippen molar-refractivity contribution in [2.45, 2.75) is 44.7 Å². The highest BCUT2D eigenvalue weighted by Gasteiger charge is 2.34. The van der Waals surface area contributed by atoms with Gasteiger partial charge in [-0.2, -0.15) is 0 Å². The summed E-state index contributed by atoms with van der Waals surface area (Å²) in [5.74, 6) is 0.541. The molecule has 1 aromatic carbocycles. The van der Waals surface area contributed by atoms with Crippen LogP contribution in [0.3, 0.4) is 0 Å². The number of nitro groups is 1. The quantitative estimate of drug-likeness (QED) is 0.646. The molecule has 0 radical (unpaired) electrons. The molecule has 0 spiro atoms. The highest BCUT2D eigenvalue weighted by Crippen LogP contribution is 2.33. The number of hydrogen-bond acceptors (Lipinski definition) is 4. The zero-order chi connectivity index (χ0) is 15.5. The third-order valence-electron chi connectivity index (χ3n) is 4.33. The van der Waals surface area contributed by atoms with Crippen molar-refractivity contribution in [3.63, 3.8) is 0 Å². The molecular formula is C15H21ClN2O3. The lowest BCUT2D eigenvalue weighted by atomic mass is 9.76. The maximum absolute atomic E-state index is 11.1. The zero-order valence-corrected chi connectivity index (χ0v) is 12.9. The van der Waals surface area contributed by atoms with Crippen LogP contribution < -0.4 is 5.32 Å². The minimum absolute atomic E-state index is 0.0203. The van der Waals surface area contributed by atoms with Crippen molar-refractivity contribution in [1.82, 2.24) is 5.32 Å². The van der Waals surface area contributed by atoms with Crippen LogP contribution in [0, 0.1) is 16.0 Å². The maximum Gasteiger partial charge on any atom is 0.275 e. The summed E-state index contributed by atoms with van der Waals surface area (Å²) < 4.78 is 0. The van der Waals surface area contributed by atoms with Gasteiger partial charge in [0.1, 0.15) is 0 Å². The van der Waals surface area contributed by atoms with E-state index < -0.39 is 4.92 Å². The minimum Gasteiger partial charge on any atom is -0.394 e. The highest BCUT2D eigenvalue weighted by atomic mass is 35.5. The summed E-state index contributed by atoms with van der Waals surface area (Å²) in [7, 11) is 0. The number of benzene rings is 1. The Kier molecular flexibility index (Phi) is 5.19. The second-order valence-electron chi connectivity index (χ2n) is 5.99. The minimum atomic E-state index is -0.419. The van der Waals surface area contributed by atoms with E-state index in [1.807, 2.05) is 0 Å². The van der Waals surface area contributed by atoms with Gasteiger partial charge in [-0.15, -0.1) is 0 Å². The van der Waals surface area contributed by atoms with Crippen LogP contribution in [0.5, 0.6) is 0 Å². The fourth-order valence-electron chi connectivity index (χ4n) is 3.19. The van der Waals surface area contributed by atoms with Gasteiger partial charge in [-0.1, -0.05) is 37.4 Å². The van der Waals surface area contributed by atoms with E-state index in [1.54, 1.807) is 12.1 Å². The van der Waals surface area contributed by atoms with Gasteiger partial charge in [0, 0.05) is 18.2 Å². The van der Waals surface area contributed by atoms with E-state index in [0.717, 1.165) is 25.7 Å². The lowest BCUT2D eigenvalue weighted by molar-refractivity contribution is -0.385. The van der Waals surface area contributed by atoms with Gasteiger partial charge in [0.25, 0.3) is 5.69 Å². The topological polar surface area (TPSA) is 75.4 Å². The van der Waals surface area contributed by atoms with Crippen molar-refractivity contribution in [2.75, 3.05) is 6.61 Å². The molecule has 2 atom stereocenters. The molecule has 2 unspecified atom stereocenters. The van der Waals surface area contributed by atoms with E-state index in [4.69, 9.17) is 11.6 Å². The molecule has 0 heterocycles. The molecular weight excluding hydrogens is 292 g/mol. The summed E-state index contributed by atoms with van der Waals surface area (Å²) in [6.07, 6.45) is 3.98. The lowest BCUT2D eigenvalue weighted by Gasteiger charge is -2.39. The predicted molar refractivity (Wildman–Crippen MR) is 82.4 cm³/mol. The monoisotopic (exact) mass is 312 g/mol. The lowest BCUT2D eigenvalue weighted by Crippen LogP contribution is -2.51. The maximum atomic E-state index is 11.1. The van der Waals surface area contributed by atoms with Gasteiger partial charge in [0.05, 0.1) is 22.1 Å². The number of aliphatic hydroxyl groups excluding tert-OH is 1. The molecule has 6 heteroatoms. The summed E-state index contributed by atoms with van der Waals surface area (Å²) >= 11 is 6.10. The third-order valence-corrected chi connectivity index (χ3v) is 4.68. The standard InChI is InChI=1S/C15H21ClN2O3/c1-11-4-3-7-15(8-11,10-19)17-9-12-13(16)5-2-6-14(12)18(20)21/h2,5-6,11,17,19H,3-4,7-10H2,1H3. The van der Waals surface area contributed by atoms with E-state index in [2.05, 4.69) is 12.2 Å². The van der Waals surface area contributed by atoms with Crippen molar-refractivity contribution in [3.05, 3.63) is 38.9 Å². The van der Waals surface area contributed by atoms with Crippen molar-refractivity contribution >= 4 is 17.3 Å². The first kappa shape index (κ1) is 16.2. The highest BCUT2D eigenvalue weighted by molar-refractivity contribution is 6.31. The number of aliphatic hydroxyl groups is 1. The summed E-state index contributed by atoms with van der Waals surface area (Å²) in [5, 5.41) is 24.6. The molecule has 1 saturated carbocycles. The molecule has 2 rings (SSSR count). The second-order valence-corrected chi connectivity index (χ2v) is 6.40. The van der Waals surface area contributed by atoms with Gasteiger partial charge in [0.2, 0.25) is 0 Å². The van der Waals surface area contributed by atoms with Crippen molar-refractivity contribution in [1.29, 1.82) is 0 Å². The molecule has 5 nitrogen and oxygen atoms in total. The number of nitro benzene ring substituents is 1. The van der Waals surface area contributed by atoms with Gasteiger partial charge in [-0.3, -0.25) is 10.1 Å². The SMILES string of the molecule is CC1CCCC(CO)(NCc2c(Cl)cccc2[N+](=O)[O-])C1. The first-order valence-electron chi connectivity index (χ1n) is 7.25. The first-order valence-corrected chi connectivity index (χ1v) is 7.63. The summed E-state index contributed by atoms with van der Waals surface area (Å²) in [6, 6.07) is 4.69. The number of nitrogens with zero attached hydrogens (tertiary/aromatic N) is 1. The molecule has 1 aliphatic carbocycles. The summed E-state index contributed by atoms with van der Waals surface area (Å²) in [4.78, 5) is 10.7. The molecule has 0 aromatic heterocycles. The van der Waals surface area contributed by atoms with E-state index in [-0.39, 0.29) is 17.8 Å². The first-order chi connectivity index (χ1) is 9.97. The van der Waals surface area contributed by atoms with Crippen LogP contribution in [0.25, 0.3) is 0 Å². The molecule has 116 valence electrons. The average molecular weight is 313 g/mol. The molecule has 21 heavy (non-hydrogen) atoms. The number of rotatable bonds is 5. The second kappa shape index (κ2) is 6.73. The Labute approximate surface area is 129 Å². The van der Waals surface area contributed by atoms with E-state index in [0.29, 0.717) is 23.0 Å². The Balaban J connectivity index is 2.17. The number of nitrogens with one attached hydrogen (secondary N) is 1. The van der Waals surface area contributed by atoms with Crippen LogP contribution in [0.2, 0.25) is 5.02 Å². The van der Waals surface area contributed by atoms with Crippen LogP contribution in [0.1, 0.15) is 38.2 Å². The number of hydrogen-bond donors (Lipinski definition) is 2. The van der Waals surface area contributed by atoms with Gasteiger partial charge in [0.15, 0.2) is 0 Å². The molecule has 1 aliphatic rings. The molecule has 1 aromatic rings. The number of halogens is 1. The van der Waals surface area contributed by atoms with Crippen LogP contribution >= 0.6 is 11.6 Å². The predicted octanol–water partition coefficient (Wildman–Crippen LogP) is 3.28. The Hall–Kier alpha value is -1.17. The molecule has 0 amide bonds. The van der Waals surface area contributed by atoms with Crippen LogP contribution in [0.4, 0.5) is 5.69 Å². The molecule has 0 bridgehead atoms. The van der Waals surface area contributed by atoms with E-state index in [9.17, 15) is 15.2 Å². The Morgan fingerprint density at radius 3 is 2.95 bits per heavy atom. The van der Waals surface area contributed by atoms with Crippen LogP contribution in [-0.2, 0) is 6.54 Å². The third kappa shape index (κ3) is 3.73. The van der Waals surface area contributed by atoms with Gasteiger partial charge < -0.3 is 10.4 Å². The summed E-state index contributed by atoms with van der Waals surface area (Å²) in [5.41, 5.74) is 0.146. The van der Waals surface area contributed by atoms with Crippen LogP contribution in [-0.4, -0.2) is 22.2 Å².